The van der Waals surface area contributed by atoms with Gasteiger partial charge in [-0.25, -0.2) is 5.01 Å². The Kier molecular flexibility index (Phi) is 7.70. The molecule has 35 heavy (non-hydrogen) atoms. The number of amides is 1. The van der Waals surface area contributed by atoms with E-state index >= 15 is 0 Å². The molecule has 1 amide bonds. The standard InChI is InChI=1S/C29H35N5O/c1-5-32(6-2)24-17-13-22(14-18-24)21-30-34-28(31-27-12-10-9-11-26(27)29(34)35)23-15-19-25(20-16-23)33(7-3)8-4/h9-21,28,31H,5-8H2,1-4H3/b30-21-/t28-/m1/s1. The van der Waals surface area contributed by atoms with Crippen LogP contribution in [0.15, 0.2) is 77.9 Å². The maximum Gasteiger partial charge on any atom is 0.278 e. The Morgan fingerprint density at radius 1 is 0.800 bits per heavy atom. The minimum absolute atomic E-state index is 0.117. The van der Waals surface area contributed by atoms with Gasteiger partial charge in [-0.3, -0.25) is 4.79 Å². The van der Waals surface area contributed by atoms with Gasteiger partial charge in [-0.15, -0.1) is 0 Å². The first-order chi connectivity index (χ1) is 17.1. The fourth-order valence-electron chi connectivity index (χ4n) is 4.53. The second-order valence-corrected chi connectivity index (χ2v) is 8.51. The van der Waals surface area contributed by atoms with Crippen LogP contribution in [0.25, 0.3) is 0 Å². The van der Waals surface area contributed by atoms with Crippen LogP contribution in [0.3, 0.4) is 0 Å². The van der Waals surface area contributed by atoms with Crippen LogP contribution in [0.2, 0.25) is 0 Å². The highest BCUT2D eigenvalue weighted by Crippen LogP contribution is 2.34. The van der Waals surface area contributed by atoms with E-state index < -0.39 is 6.17 Å². The lowest BCUT2D eigenvalue weighted by atomic mass is 10.0. The van der Waals surface area contributed by atoms with Crippen LogP contribution in [0.1, 0.15) is 55.3 Å². The van der Waals surface area contributed by atoms with Gasteiger partial charge in [0, 0.05) is 43.2 Å². The number of anilines is 3. The lowest BCUT2D eigenvalue weighted by molar-refractivity contribution is 0.0691. The molecule has 0 fully saturated rings. The SMILES string of the molecule is CCN(CC)c1ccc(/C=N\N2C(=O)c3ccccc3N[C@H]2c2ccc(N(CC)CC)cc2)cc1. The van der Waals surface area contributed by atoms with Gasteiger partial charge in [-0.1, -0.05) is 36.4 Å². The number of rotatable bonds is 9. The number of benzene rings is 3. The van der Waals surface area contributed by atoms with Crippen LogP contribution in [0.4, 0.5) is 17.1 Å². The Bertz CT molecular complexity index is 1150. The van der Waals surface area contributed by atoms with E-state index in [-0.39, 0.29) is 5.91 Å². The van der Waals surface area contributed by atoms with Crippen molar-refractivity contribution in [2.75, 3.05) is 41.3 Å². The second-order valence-electron chi connectivity index (χ2n) is 8.51. The summed E-state index contributed by atoms with van der Waals surface area (Å²) >= 11 is 0. The van der Waals surface area contributed by atoms with Crippen molar-refractivity contribution in [2.24, 2.45) is 5.10 Å². The highest BCUT2D eigenvalue weighted by Gasteiger charge is 2.32. The van der Waals surface area contributed by atoms with Crippen LogP contribution < -0.4 is 15.1 Å². The number of fused-ring (bicyclic) bond motifs is 1. The van der Waals surface area contributed by atoms with Gasteiger partial charge in [-0.2, -0.15) is 5.10 Å². The van der Waals surface area contributed by atoms with Gasteiger partial charge in [0.2, 0.25) is 0 Å². The smallest absolute Gasteiger partial charge is 0.278 e. The average Bonchev–Trinajstić information content (AvgIpc) is 2.91. The normalized spacial score (nSPS) is 15.1. The van der Waals surface area contributed by atoms with Crippen molar-refractivity contribution in [2.45, 2.75) is 33.9 Å². The first kappa shape index (κ1) is 24.3. The van der Waals surface area contributed by atoms with E-state index in [0.717, 1.165) is 43.0 Å². The number of carbonyl (C=O) groups is 1. The van der Waals surface area contributed by atoms with Gasteiger partial charge in [0.05, 0.1) is 11.8 Å². The number of nitrogens with zero attached hydrogens (tertiary/aromatic N) is 4. The maximum absolute atomic E-state index is 13.5. The summed E-state index contributed by atoms with van der Waals surface area (Å²) in [6, 6.07) is 24.3. The number of hydrogen-bond acceptors (Lipinski definition) is 5. The lowest BCUT2D eigenvalue weighted by Gasteiger charge is -2.35. The largest absolute Gasteiger partial charge is 0.372 e. The molecule has 1 heterocycles. The Labute approximate surface area is 208 Å². The third-order valence-corrected chi connectivity index (χ3v) is 6.59. The molecule has 4 rings (SSSR count). The van der Waals surface area contributed by atoms with E-state index in [0.29, 0.717) is 5.56 Å². The number of carbonyl (C=O) groups excluding carboxylic acids is 1. The highest BCUT2D eigenvalue weighted by atomic mass is 16.2. The molecule has 3 aromatic carbocycles. The first-order valence-electron chi connectivity index (χ1n) is 12.5. The summed E-state index contributed by atoms with van der Waals surface area (Å²) in [5, 5.41) is 9.73. The zero-order valence-electron chi connectivity index (χ0n) is 21.1. The molecule has 0 aromatic heterocycles. The van der Waals surface area contributed by atoms with Gasteiger partial charge in [0.25, 0.3) is 5.91 Å². The molecule has 182 valence electrons. The fourth-order valence-corrected chi connectivity index (χ4v) is 4.53. The number of hydrogen-bond donors (Lipinski definition) is 1. The van der Waals surface area contributed by atoms with E-state index in [1.807, 2.05) is 36.4 Å². The minimum atomic E-state index is -0.394. The van der Waals surface area contributed by atoms with Gasteiger partial charge in [0.1, 0.15) is 0 Å². The Morgan fingerprint density at radius 3 is 1.91 bits per heavy atom. The highest BCUT2D eigenvalue weighted by molar-refractivity contribution is 6.02. The maximum atomic E-state index is 13.5. The zero-order valence-corrected chi connectivity index (χ0v) is 21.1. The minimum Gasteiger partial charge on any atom is -0.372 e. The Hall–Kier alpha value is -3.80. The molecule has 1 N–H and O–H groups in total. The number of para-hydroxylation sites is 1. The van der Waals surface area contributed by atoms with E-state index in [2.05, 4.69) is 84.3 Å². The predicted octanol–water partition coefficient (Wildman–Crippen LogP) is 5.98. The van der Waals surface area contributed by atoms with Crippen molar-refractivity contribution in [3.05, 3.63) is 89.5 Å². The molecular weight excluding hydrogens is 434 g/mol. The monoisotopic (exact) mass is 469 g/mol. The Morgan fingerprint density at radius 2 is 1.34 bits per heavy atom. The van der Waals surface area contributed by atoms with Gasteiger partial charge in [-0.05, 0) is 75.2 Å². The van der Waals surface area contributed by atoms with Gasteiger partial charge >= 0.3 is 0 Å². The summed E-state index contributed by atoms with van der Waals surface area (Å²) in [5.41, 5.74) is 5.73. The molecule has 0 saturated carbocycles. The van der Waals surface area contributed by atoms with Crippen molar-refractivity contribution in [1.82, 2.24) is 5.01 Å². The van der Waals surface area contributed by atoms with Crippen molar-refractivity contribution in [1.29, 1.82) is 0 Å². The fraction of sp³-hybridized carbons (Fsp3) is 0.310. The summed E-state index contributed by atoms with van der Waals surface area (Å²) in [6.07, 6.45) is 1.37. The van der Waals surface area contributed by atoms with Crippen LogP contribution in [-0.2, 0) is 0 Å². The molecule has 0 spiro atoms. The molecule has 0 unspecified atom stereocenters. The third-order valence-electron chi connectivity index (χ3n) is 6.59. The summed E-state index contributed by atoms with van der Waals surface area (Å²) < 4.78 is 0. The summed E-state index contributed by atoms with van der Waals surface area (Å²) in [6.45, 7) is 12.4. The summed E-state index contributed by atoms with van der Waals surface area (Å²) in [5.74, 6) is -0.117. The summed E-state index contributed by atoms with van der Waals surface area (Å²) in [4.78, 5) is 18.1. The quantitative estimate of drug-likeness (QED) is 0.392. The second kappa shape index (κ2) is 11.1. The molecule has 1 atom stereocenters. The van der Waals surface area contributed by atoms with E-state index in [9.17, 15) is 4.79 Å². The molecule has 0 radical (unpaired) electrons. The molecule has 0 bridgehead atoms. The van der Waals surface area contributed by atoms with Crippen molar-refractivity contribution >= 4 is 29.2 Å². The number of hydrazone groups is 1. The average molecular weight is 470 g/mol. The van der Waals surface area contributed by atoms with Crippen molar-refractivity contribution in [3.8, 4) is 0 Å². The zero-order chi connectivity index (χ0) is 24.8. The van der Waals surface area contributed by atoms with E-state index in [1.54, 1.807) is 11.2 Å². The predicted molar refractivity (Wildman–Crippen MR) is 147 cm³/mol. The molecule has 1 aliphatic heterocycles. The first-order valence-corrected chi connectivity index (χ1v) is 12.5. The molecule has 6 heteroatoms. The van der Waals surface area contributed by atoms with Gasteiger partial charge in [0.15, 0.2) is 6.17 Å². The van der Waals surface area contributed by atoms with Crippen LogP contribution in [0, 0.1) is 0 Å². The molecular formula is C29H35N5O. The van der Waals surface area contributed by atoms with Crippen LogP contribution >= 0.6 is 0 Å². The lowest BCUT2D eigenvalue weighted by Crippen LogP contribution is -2.39. The summed E-state index contributed by atoms with van der Waals surface area (Å²) in [7, 11) is 0. The molecule has 6 nitrogen and oxygen atoms in total. The van der Waals surface area contributed by atoms with Gasteiger partial charge < -0.3 is 15.1 Å². The van der Waals surface area contributed by atoms with E-state index in [4.69, 9.17) is 0 Å². The molecule has 0 saturated heterocycles. The molecule has 0 aliphatic carbocycles. The van der Waals surface area contributed by atoms with Crippen molar-refractivity contribution < 1.29 is 4.79 Å². The molecule has 3 aromatic rings. The Balaban J connectivity index is 1.64. The van der Waals surface area contributed by atoms with Crippen molar-refractivity contribution in [3.63, 3.8) is 0 Å². The topological polar surface area (TPSA) is 51.2 Å². The van der Waals surface area contributed by atoms with Crippen LogP contribution in [0.5, 0.6) is 0 Å². The third kappa shape index (κ3) is 5.16. The van der Waals surface area contributed by atoms with Crippen LogP contribution in [-0.4, -0.2) is 43.3 Å². The van der Waals surface area contributed by atoms with E-state index in [1.165, 1.54) is 11.4 Å². The number of nitrogens with one attached hydrogen (secondary N) is 1. The molecule has 1 aliphatic rings.